The second-order valence-electron chi connectivity index (χ2n) is 7.00. The molecule has 0 saturated heterocycles. The van der Waals surface area contributed by atoms with Crippen molar-refractivity contribution in [1.29, 1.82) is 0 Å². The van der Waals surface area contributed by atoms with Crippen molar-refractivity contribution in [2.45, 2.75) is 64.2 Å². The van der Waals surface area contributed by atoms with Gasteiger partial charge in [-0.1, -0.05) is 13.8 Å². The van der Waals surface area contributed by atoms with Crippen LogP contribution >= 0.6 is 0 Å². The number of nitrogens with one attached hydrogen (secondary N) is 3. The first-order valence-electron chi connectivity index (χ1n) is 9.09. The Kier molecular flexibility index (Phi) is 11.0. The lowest BCUT2D eigenvalue weighted by Crippen LogP contribution is -2.58. The van der Waals surface area contributed by atoms with Crippen LogP contribution in [0.15, 0.2) is 0 Å². The van der Waals surface area contributed by atoms with Crippen molar-refractivity contribution in [3.05, 3.63) is 0 Å². The van der Waals surface area contributed by atoms with Gasteiger partial charge in [0.1, 0.15) is 18.1 Å². The summed E-state index contributed by atoms with van der Waals surface area (Å²) >= 11 is 0. The monoisotopic (exact) mass is 432 g/mol. The SMILES string of the molecule is CC(NC(=O)C(CCC(=O)O)NC(=O)C(NC(=O)C(N)CC(=O)O)C(C)C)C(=O)O. The summed E-state index contributed by atoms with van der Waals surface area (Å²) in [6, 6.07) is -5.26. The molecule has 0 heterocycles. The highest BCUT2D eigenvalue weighted by atomic mass is 16.4. The normalized spacial score (nSPS) is 14.7. The zero-order valence-electron chi connectivity index (χ0n) is 16.9. The molecule has 0 aliphatic rings. The van der Waals surface area contributed by atoms with Gasteiger partial charge in [-0.2, -0.15) is 0 Å². The Bertz CT molecular complexity index is 680. The Hall–Kier alpha value is -3.22. The molecular weight excluding hydrogens is 404 g/mol. The number of carboxylic acids is 3. The lowest BCUT2D eigenvalue weighted by Gasteiger charge is -2.26. The molecule has 0 aromatic carbocycles. The number of aliphatic carboxylic acids is 3. The van der Waals surface area contributed by atoms with E-state index in [1.807, 2.05) is 0 Å². The molecule has 30 heavy (non-hydrogen) atoms. The average Bonchev–Trinajstić information content (AvgIpc) is 2.61. The Morgan fingerprint density at radius 1 is 0.800 bits per heavy atom. The second-order valence-corrected chi connectivity index (χ2v) is 7.00. The molecule has 4 unspecified atom stereocenters. The second kappa shape index (κ2) is 12.4. The first-order chi connectivity index (χ1) is 13.8. The van der Waals surface area contributed by atoms with Crippen LogP contribution in [0.1, 0.15) is 40.0 Å². The van der Waals surface area contributed by atoms with E-state index in [1.165, 1.54) is 6.92 Å². The molecule has 0 aromatic heterocycles. The highest BCUT2D eigenvalue weighted by molar-refractivity contribution is 5.95. The van der Waals surface area contributed by atoms with Crippen molar-refractivity contribution in [2.75, 3.05) is 0 Å². The number of hydrogen-bond acceptors (Lipinski definition) is 7. The van der Waals surface area contributed by atoms with Crippen molar-refractivity contribution in [3.8, 4) is 0 Å². The minimum absolute atomic E-state index is 0.323. The Morgan fingerprint density at radius 2 is 1.37 bits per heavy atom. The molecular formula is C17H28N4O9. The summed E-state index contributed by atoms with van der Waals surface area (Å²) in [6.07, 6.45) is -1.46. The zero-order valence-corrected chi connectivity index (χ0v) is 16.9. The van der Waals surface area contributed by atoms with Crippen LogP contribution in [0.5, 0.6) is 0 Å². The first kappa shape index (κ1) is 26.8. The maximum atomic E-state index is 12.6. The molecule has 0 fully saturated rings. The maximum absolute atomic E-state index is 12.6. The predicted molar refractivity (Wildman–Crippen MR) is 101 cm³/mol. The van der Waals surface area contributed by atoms with Crippen molar-refractivity contribution >= 4 is 35.6 Å². The third-order valence-corrected chi connectivity index (χ3v) is 3.99. The van der Waals surface area contributed by atoms with Crippen LogP contribution in [-0.2, 0) is 28.8 Å². The number of carbonyl (C=O) groups is 6. The minimum atomic E-state index is -1.40. The van der Waals surface area contributed by atoms with Gasteiger partial charge in [-0.05, 0) is 19.3 Å². The van der Waals surface area contributed by atoms with E-state index in [0.29, 0.717) is 0 Å². The van der Waals surface area contributed by atoms with Gasteiger partial charge in [-0.3, -0.25) is 28.8 Å². The van der Waals surface area contributed by atoms with Crippen LogP contribution in [0.4, 0.5) is 0 Å². The van der Waals surface area contributed by atoms with Gasteiger partial charge in [0.15, 0.2) is 0 Å². The van der Waals surface area contributed by atoms with E-state index in [2.05, 4.69) is 16.0 Å². The summed E-state index contributed by atoms with van der Waals surface area (Å²) in [6.45, 7) is 4.34. The van der Waals surface area contributed by atoms with Gasteiger partial charge in [0, 0.05) is 6.42 Å². The number of carboxylic acid groups (broad SMARTS) is 3. The predicted octanol–water partition coefficient (Wildman–Crippen LogP) is -2.13. The van der Waals surface area contributed by atoms with Crippen LogP contribution < -0.4 is 21.7 Å². The molecule has 8 N–H and O–H groups in total. The quantitative estimate of drug-likeness (QED) is 0.167. The largest absolute Gasteiger partial charge is 0.481 e. The summed E-state index contributed by atoms with van der Waals surface area (Å²) in [5.41, 5.74) is 5.47. The van der Waals surface area contributed by atoms with Crippen LogP contribution in [0.25, 0.3) is 0 Å². The highest BCUT2D eigenvalue weighted by Crippen LogP contribution is 2.06. The minimum Gasteiger partial charge on any atom is -0.481 e. The molecule has 170 valence electrons. The fourth-order valence-electron chi connectivity index (χ4n) is 2.25. The first-order valence-corrected chi connectivity index (χ1v) is 9.09. The summed E-state index contributed by atoms with van der Waals surface area (Å²) in [5.74, 6) is -7.00. The van der Waals surface area contributed by atoms with Gasteiger partial charge in [0.2, 0.25) is 17.7 Å². The third kappa shape index (κ3) is 9.82. The number of nitrogens with two attached hydrogens (primary N) is 1. The van der Waals surface area contributed by atoms with E-state index in [1.54, 1.807) is 13.8 Å². The van der Waals surface area contributed by atoms with Crippen molar-refractivity contribution < 1.29 is 44.1 Å². The fraction of sp³-hybridized carbons (Fsp3) is 0.647. The summed E-state index contributed by atoms with van der Waals surface area (Å²) in [7, 11) is 0. The zero-order chi connectivity index (χ0) is 23.6. The van der Waals surface area contributed by atoms with Crippen LogP contribution in [0.3, 0.4) is 0 Å². The van der Waals surface area contributed by atoms with Gasteiger partial charge in [0.25, 0.3) is 0 Å². The summed E-state index contributed by atoms with van der Waals surface area (Å²) in [5, 5.41) is 33.2. The van der Waals surface area contributed by atoms with E-state index in [-0.39, 0.29) is 6.42 Å². The topological polar surface area (TPSA) is 225 Å². The average molecular weight is 432 g/mol. The van der Waals surface area contributed by atoms with Crippen molar-refractivity contribution in [2.24, 2.45) is 11.7 Å². The van der Waals surface area contributed by atoms with E-state index in [4.69, 9.17) is 21.1 Å². The lowest BCUT2D eigenvalue weighted by atomic mass is 10.0. The molecule has 0 bridgehead atoms. The van der Waals surface area contributed by atoms with Gasteiger partial charge in [-0.25, -0.2) is 0 Å². The van der Waals surface area contributed by atoms with E-state index >= 15 is 0 Å². The fourth-order valence-corrected chi connectivity index (χ4v) is 2.25. The number of rotatable bonds is 13. The Balaban J connectivity index is 5.34. The number of hydrogen-bond donors (Lipinski definition) is 7. The molecule has 13 nitrogen and oxygen atoms in total. The van der Waals surface area contributed by atoms with Crippen molar-refractivity contribution in [3.63, 3.8) is 0 Å². The molecule has 0 aromatic rings. The van der Waals surface area contributed by atoms with Gasteiger partial charge < -0.3 is 37.0 Å². The van der Waals surface area contributed by atoms with E-state index in [0.717, 1.165) is 0 Å². The maximum Gasteiger partial charge on any atom is 0.325 e. The van der Waals surface area contributed by atoms with Gasteiger partial charge in [0.05, 0.1) is 12.5 Å². The Morgan fingerprint density at radius 3 is 1.80 bits per heavy atom. The molecule has 0 rings (SSSR count). The van der Waals surface area contributed by atoms with Gasteiger partial charge in [-0.15, -0.1) is 0 Å². The molecule has 13 heteroatoms. The lowest BCUT2D eigenvalue weighted by molar-refractivity contribution is -0.142. The smallest absolute Gasteiger partial charge is 0.325 e. The molecule has 0 aliphatic heterocycles. The summed E-state index contributed by atoms with van der Waals surface area (Å²) in [4.78, 5) is 69.4. The van der Waals surface area contributed by atoms with Crippen LogP contribution in [0, 0.1) is 5.92 Å². The molecule has 3 amide bonds. The summed E-state index contributed by atoms with van der Waals surface area (Å²) < 4.78 is 0. The standard InChI is InChI=1S/C17H28N4O9/c1-7(2)13(21-14(26)9(18)6-12(24)25)16(28)20-10(4-5-11(22)23)15(27)19-8(3)17(29)30/h7-10,13H,4-6,18H2,1-3H3,(H,19,27)(H,20,28)(H,21,26)(H,22,23)(H,24,25)(H,29,30). The Labute approximate surface area is 172 Å². The van der Waals surface area contributed by atoms with Crippen LogP contribution in [-0.4, -0.2) is 75.1 Å². The number of carbonyl (C=O) groups excluding carboxylic acids is 3. The molecule has 0 aliphatic carbocycles. The van der Waals surface area contributed by atoms with Crippen LogP contribution in [0.2, 0.25) is 0 Å². The molecule has 0 spiro atoms. The number of amides is 3. The van der Waals surface area contributed by atoms with E-state index in [9.17, 15) is 28.8 Å². The molecule has 0 radical (unpaired) electrons. The molecule has 0 saturated carbocycles. The highest BCUT2D eigenvalue weighted by Gasteiger charge is 2.31. The molecule has 4 atom stereocenters. The van der Waals surface area contributed by atoms with Gasteiger partial charge >= 0.3 is 17.9 Å². The third-order valence-electron chi connectivity index (χ3n) is 3.99. The van der Waals surface area contributed by atoms with Crippen molar-refractivity contribution in [1.82, 2.24) is 16.0 Å². The van der Waals surface area contributed by atoms with E-state index < -0.39 is 78.6 Å².